The molecule has 0 saturated carbocycles. The van der Waals surface area contributed by atoms with Gasteiger partial charge in [0.25, 0.3) is 0 Å². The minimum atomic E-state index is 0.856. The Labute approximate surface area is 103 Å². The quantitative estimate of drug-likeness (QED) is 0.800. The normalized spacial score (nSPS) is 16.9. The first-order chi connectivity index (χ1) is 7.84. The van der Waals surface area contributed by atoms with E-state index in [-0.39, 0.29) is 0 Å². The van der Waals surface area contributed by atoms with Crippen molar-refractivity contribution in [1.82, 2.24) is 5.16 Å². The van der Waals surface area contributed by atoms with Gasteiger partial charge in [-0.05, 0) is 37.5 Å². The number of piperidine rings is 1. The minimum Gasteiger partial charge on any atom is -0.354 e. The van der Waals surface area contributed by atoms with Gasteiger partial charge in [-0.25, -0.2) is 0 Å². The molecule has 2 aromatic rings. The van der Waals surface area contributed by atoms with E-state index in [4.69, 9.17) is 4.52 Å². The number of anilines is 1. The average Bonchev–Trinajstić information content (AvgIpc) is 2.73. The second-order valence-corrected chi connectivity index (χ2v) is 5.11. The van der Waals surface area contributed by atoms with E-state index < -0.39 is 0 Å². The zero-order chi connectivity index (χ0) is 11.0. The molecule has 1 aliphatic heterocycles. The number of fused-ring (bicyclic) bond motifs is 1. The van der Waals surface area contributed by atoms with Gasteiger partial charge in [0, 0.05) is 17.6 Å². The largest absolute Gasteiger partial charge is 0.354 e. The monoisotopic (exact) mass is 280 g/mol. The molecule has 1 saturated heterocycles. The van der Waals surface area contributed by atoms with E-state index in [1.165, 1.54) is 19.3 Å². The second-order valence-electron chi connectivity index (χ2n) is 4.19. The van der Waals surface area contributed by atoms with Crippen molar-refractivity contribution >= 4 is 32.7 Å². The van der Waals surface area contributed by atoms with E-state index >= 15 is 0 Å². The maximum atomic E-state index is 5.36. The van der Waals surface area contributed by atoms with Crippen molar-refractivity contribution in [3.63, 3.8) is 0 Å². The molecule has 3 nitrogen and oxygen atoms in total. The summed E-state index contributed by atoms with van der Waals surface area (Å²) in [5, 5.41) is 5.31. The summed E-state index contributed by atoms with van der Waals surface area (Å²) in [6, 6.07) is 6.07. The summed E-state index contributed by atoms with van der Waals surface area (Å²) in [7, 11) is 0. The van der Waals surface area contributed by atoms with Crippen LogP contribution in [-0.4, -0.2) is 18.2 Å². The number of aromatic nitrogens is 1. The summed E-state index contributed by atoms with van der Waals surface area (Å²) in [5.74, 6) is 1.00. The molecule has 84 valence electrons. The van der Waals surface area contributed by atoms with Crippen LogP contribution in [0.5, 0.6) is 0 Å². The lowest BCUT2D eigenvalue weighted by Gasteiger charge is -2.26. The number of hydrogen-bond donors (Lipinski definition) is 0. The molecule has 0 radical (unpaired) electrons. The van der Waals surface area contributed by atoms with Crippen LogP contribution in [0.15, 0.2) is 27.2 Å². The molecule has 0 atom stereocenters. The molecule has 1 fully saturated rings. The fourth-order valence-corrected chi connectivity index (χ4v) is 2.57. The molecular weight excluding hydrogens is 268 g/mol. The van der Waals surface area contributed by atoms with E-state index in [1.807, 2.05) is 12.1 Å². The van der Waals surface area contributed by atoms with Gasteiger partial charge in [0.15, 0.2) is 11.4 Å². The summed E-state index contributed by atoms with van der Waals surface area (Å²) >= 11 is 3.44. The van der Waals surface area contributed by atoms with Crippen LogP contribution in [0, 0.1) is 0 Å². The van der Waals surface area contributed by atoms with E-state index in [2.05, 4.69) is 32.1 Å². The standard InChI is InChI=1S/C12H13BrN2O/c13-9-4-5-10-11(8-9)16-14-12(10)15-6-2-1-3-7-15/h4-5,8H,1-3,6-7H2. The van der Waals surface area contributed by atoms with Crippen LogP contribution >= 0.6 is 15.9 Å². The zero-order valence-electron chi connectivity index (χ0n) is 8.95. The van der Waals surface area contributed by atoms with Gasteiger partial charge in [0.2, 0.25) is 0 Å². The molecule has 0 spiro atoms. The molecular formula is C12H13BrN2O. The lowest BCUT2D eigenvalue weighted by Crippen LogP contribution is -2.29. The highest BCUT2D eigenvalue weighted by molar-refractivity contribution is 9.10. The third kappa shape index (κ3) is 1.71. The zero-order valence-corrected chi connectivity index (χ0v) is 10.5. The molecule has 4 heteroatoms. The van der Waals surface area contributed by atoms with Gasteiger partial charge in [0.1, 0.15) is 0 Å². The molecule has 0 N–H and O–H groups in total. The van der Waals surface area contributed by atoms with Crippen LogP contribution in [0.2, 0.25) is 0 Å². The highest BCUT2D eigenvalue weighted by Gasteiger charge is 2.17. The Morgan fingerprint density at radius 2 is 2.00 bits per heavy atom. The van der Waals surface area contributed by atoms with Gasteiger partial charge in [-0.15, -0.1) is 0 Å². The van der Waals surface area contributed by atoms with Crippen molar-refractivity contribution in [1.29, 1.82) is 0 Å². The Morgan fingerprint density at radius 3 is 2.81 bits per heavy atom. The van der Waals surface area contributed by atoms with Crippen molar-refractivity contribution < 1.29 is 4.52 Å². The minimum absolute atomic E-state index is 0.856. The van der Waals surface area contributed by atoms with Gasteiger partial charge in [-0.3, -0.25) is 0 Å². The highest BCUT2D eigenvalue weighted by Crippen LogP contribution is 2.29. The van der Waals surface area contributed by atoms with E-state index in [9.17, 15) is 0 Å². The Morgan fingerprint density at radius 1 is 1.19 bits per heavy atom. The molecule has 1 aromatic carbocycles. The van der Waals surface area contributed by atoms with Gasteiger partial charge in [-0.2, -0.15) is 0 Å². The number of hydrogen-bond acceptors (Lipinski definition) is 3. The molecule has 0 unspecified atom stereocenters. The van der Waals surface area contributed by atoms with E-state index in [0.717, 1.165) is 34.3 Å². The first kappa shape index (κ1) is 10.1. The van der Waals surface area contributed by atoms with Crippen LogP contribution in [0.25, 0.3) is 11.0 Å². The Kier molecular flexibility index (Phi) is 2.59. The lowest BCUT2D eigenvalue weighted by atomic mass is 10.1. The lowest BCUT2D eigenvalue weighted by molar-refractivity contribution is 0.449. The Balaban J connectivity index is 2.03. The van der Waals surface area contributed by atoms with Crippen LogP contribution in [0.4, 0.5) is 5.82 Å². The Hall–Kier alpha value is -1.03. The maximum absolute atomic E-state index is 5.36. The van der Waals surface area contributed by atoms with Crippen LogP contribution in [0.3, 0.4) is 0 Å². The van der Waals surface area contributed by atoms with E-state index in [1.54, 1.807) is 0 Å². The molecule has 0 amide bonds. The van der Waals surface area contributed by atoms with E-state index in [0.29, 0.717) is 0 Å². The number of nitrogens with zero attached hydrogens (tertiary/aromatic N) is 2. The van der Waals surface area contributed by atoms with Crippen LogP contribution < -0.4 is 4.90 Å². The first-order valence-electron chi connectivity index (χ1n) is 5.64. The molecule has 3 rings (SSSR count). The van der Waals surface area contributed by atoms with Crippen molar-refractivity contribution in [3.8, 4) is 0 Å². The van der Waals surface area contributed by atoms with Crippen molar-refractivity contribution in [3.05, 3.63) is 22.7 Å². The van der Waals surface area contributed by atoms with Crippen molar-refractivity contribution in [2.75, 3.05) is 18.0 Å². The topological polar surface area (TPSA) is 29.3 Å². The second kappa shape index (κ2) is 4.09. The average molecular weight is 281 g/mol. The summed E-state index contributed by atoms with van der Waals surface area (Å²) in [5.41, 5.74) is 0.856. The summed E-state index contributed by atoms with van der Waals surface area (Å²) < 4.78 is 6.39. The maximum Gasteiger partial charge on any atom is 0.179 e. The summed E-state index contributed by atoms with van der Waals surface area (Å²) in [6.07, 6.45) is 3.84. The van der Waals surface area contributed by atoms with Crippen LogP contribution in [0.1, 0.15) is 19.3 Å². The number of benzene rings is 1. The molecule has 0 aliphatic carbocycles. The molecule has 2 heterocycles. The summed E-state index contributed by atoms with van der Waals surface area (Å²) in [4.78, 5) is 2.32. The van der Waals surface area contributed by atoms with Gasteiger partial charge >= 0.3 is 0 Å². The highest BCUT2D eigenvalue weighted by atomic mass is 79.9. The first-order valence-corrected chi connectivity index (χ1v) is 6.44. The van der Waals surface area contributed by atoms with Crippen molar-refractivity contribution in [2.45, 2.75) is 19.3 Å². The number of rotatable bonds is 1. The predicted octanol–water partition coefficient (Wildman–Crippen LogP) is 3.58. The SMILES string of the molecule is Brc1ccc2c(N3CCCCC3)noc2c1. The van der Waals surface area contributed by atoms with Gasteiger partial charge in [0.05, 0.1) is 5.39 Å². The molecule has 1 aromatic heterocycles. The molecule has 1 aliphatic rings. The smallest absolute Gasteiger partial charge is 0.179 e. The molecule has 0 bridgehead atoms. The summed E-state index contributed by atoms with van der Waals surface area (Å²) in [6.45, 7) is 2.19. The third-order valence-corrected chi connectivity index (χ3v) is 3.56. The fraction of sp³-hybridized carbons (Fsp3) is 0.417. The predicted molar refractivity (Wildman–Crippen MR) is 67.8 cm³/mol. The molecule has 16 heavy (non-hydrogen) atoms. The fourth-order valence-electron chi connectivity index (χ4n) is 2.23. The Bertz CT molecular complexity index is 503. The van der Waals surface area contributed by atoms with Gasteiger partial charge in [-0.1, -0.05) is 21.1 Å². The van der Waals surface area contributed by atoms with Crippen LogP contribution in [-0.2, 0) is 0 Å². The van der Waals surface area contributed by atoms with Gasteiger partial charge < -0.3 is 9.42 Å². The number of halogens is 1. The van der Waals surface area contributed by atoms with Crippen molar-refractivity contribution in [2.24, 2.45) is 0 Å². The third-order valence-electron chi connectivity index (χ3n) is 3.07.